The van der Waals surface area contributed by atoms with Crippen molar-refractivity contribution in [1.82, 2.24) is 4.98 Å². The number of nitriles is 1. The van der Waals surface area contributed by atoms with Crippen molar-refractivity contribution in [3.8, 4) is 11.8 Å². The number of hydrogen-bond donors (Lipinski definition) is 0. The van der Waals surface area contributed by atoms with Crippen molar-refractivity contribution in [1.29, 1.82) is 5.26 Å². The summed E-state index contributed by atoms with van der Waals surface area (Å²) in [5.74, 6) is -0.357. The number of alkyl halides is 3. The first-order chi connectivity index (χ1) is 6.92. The average Bonchev–Trinajstić information content (AvgIpc) is 2.08. The second-order valence-electron chi connectivity index (χ2n) is 2.49. The lowest BCUT2D eigenvalue weighted by atomic mass is 10.3. The van der Waals surface area contributed by atoms with Gasteiger partial charge in [0.05, 0.1) is 28.0 Å². The van der Waals surface area contributed by atoms with Crippen LogP contribution < -0.4 is 4.74 Å². The topological polar surface area (TPSA) is 45.9 Å². The fourth-order valence-corrected chi connectivity index (χ4v) is 1.44. The van der Waals surface area contributed by atoms with E-state index in [0.29, 0.717) is 5.69 Å². The molecule has 0 aliphatic heterocycles. The van der Waals surface area contributed by atoms with Gasteiger partial charge in [-0.15, -0.1) is 13.2 Å². The molecule has 0 aliphatic carbocycles. The van der Waals surface area contributed by atoms with E-state index in [-0.39, 0.29) is 15.7 Å². The van der Waals surface area contributed by atoms with Crippen LogP contribution in [0.1, 0.15) is 5.69 Å². The van der Waals surface area contributed by atoms with Crippen LogP contribution in [0, 0.1) is 14.9 Å². The molecule has 1 aromatic heterocycles. The zero-order valence-corrected chi connectivity index (χ0v) is 9.33. The number of hydrogen-bond acceptors (Lipinski definition) is 3. The lowest BCUT2D eigenvalue weighted by Crippen LogP contribution is -2.18. The van der Waals surface area contributed by atoms with Crippen LogP contribution >= 0.6 is 22.6 Å². The molecule has 0 unspecified atom stereocenters. The summed E-state index contributed by atoms with van der Waals surface area (Å²) in [6.45, 7) is 0. The summed E-state index contributed by atoms with van der Waals surface area (Å²) < 4.78 is 39.6. The van der Waals surface area contributed by atoms with E-state index in [2.05, 4.69) is 9.72 Å². The molecule has 0 amide bonds. The van der Waals surface area contributed by atoms with Gasteiger partial charge in [-0.3, -0.25) is 4.98 Å². The van der Waals surface area contributed by atoms with E-state index in [4.69, 9.17) is 5.26 Å². The van der Waals surface area contributed by atoms with Crippen LogP contribution in [0.5, 0.6) is 5.75 Å². The van der Waals surface area contributed by atoms with Crippen LogP contribution in [0.25, 0.3) is 0 Å². The second-order valence-corrected chi connectivity index (χ2v) is 3.65. The molecule has 0 bridgehead atoms. The van der Waals surface area contributed by atoms with Crippen molar-refractivity contribution in [3.63, 3.8) is 0 Å². The number of aromatic nitrogens is 1. The number of pyridine rings is 1. The van der Waals surface area contributed by atoms with E-state index in [0.717, 1.165) is 6.20 Å². The summed E-state index contributed by atoms with van der Waals surface area (Å²) in [6, 6.07) is 3.23. The maximum Gasteiger partial charge on any atom is 0.573 e. The first-order valence-electron chi connectivity index (χ1n) is 3.69. The molecular weight excluding hydrogens is 324 g/mol. The van der Waals surface area contributed by atoms with Crippen LogP contribution in [-0.2, 0) is 6.42 Å². The molecule has 15 heavy (non-hydrogen) atoms. The molecule has 1 aromatic rings. The van der Waals surface area contributed by atoms with Gasteiger partial charge in [-0.2, -0.15) is 5.26 Å². The summed E-state index contributed by atoms with van der Waals surface area (Å²) in [6.07, 6.45) is -3.71. The standard InChI is InChI=1S/C8H4F3IN2O/c9-8(10,11)15-7-4-14-5(1-2-13)3-6(7)12/h3-4H,1H2. The molecule has 1 heterocycles. The Morgan fingerprint density at radius 3 is 2.67 bits per heavy atom. The Bertz CT molecular complexity index is 400. The maximum absolute atomic E-state index is 11.9. The number of nitrogens with zero attached hydrogens (tertiary/aromatic N) is 2. The molecule has 0 aliphatic rings. The van der Waals surface area contributed by atoms with Gasteiger partial charge in [-0.05, 0) is 28.7 Å². The fourth-order valence-electron chi connectivity index (χ4n) is 0.835. The third-order valence-electron chi connectivity index (χ3n) is 1.36. The minimum absolute atomic E-state index is 0.0578. The van der Waals surface area contributed by atoms with Gasteiger partial charge >= 0.3 is 6.36 Å². The van der Waals surface area contributed by atoms with E-state index < -0.39 is 6.36 Å². The van der Waals surface area contributed by atoms with Crippen molar-refractivity contribution in [2.45, 2.75) is 12.8 Å². The van der Waals surface area contributed by atoms with E-state index in [1.165, 1.54) is 6.07 Å². The predicted molar refractivity (Wildman–Crippen MR) is 53.0 cm³/mol. The van der Waals surface area contributed by atoms with Gasteiger partial charge in [0.2, 0.25) is 0 Å². The molecule has 0 spiro atoms. The molecule has 1 rings (SSSR count). The molecule has 0 saturated carbocycles. The molecule has 0 aromatic carbocycles. The van der Waals surface area contributed by atoms with Crippen molar-refractivity contribution >= 4 is 22.6 Å². The van der Waals surface area contributed by atoms with Gasteiger partial charge in [0.1, 0.15) is 0 Å². The lowest BCUT2D eigenvalue weighted by Gasteiger charge is -2.10. The SMILES string of the molecule is N#CCc1cc(I)c(OC(F)(F)F)cn1. The van der Waals surface area contributed by atoms with Crippen molar-refractivity contribution in [2.75, 3.05) is 0 Å². The van der Waals surface area contributed by atoms with Crippen molar-refractivity contribution < 1.29 is 17.9 Å². The lowest BCUT2D eigenvalue weighted by molar-refractivity contribution is -0.275. The van der Waals surface area contributed by atoms with Gasteiger partial charge in [-0.25, -0.2) is 0 Å². The van der Waals surface area contributed by atoms with Gasteiger partial charge in [0, 0.05) is 0 Å². The molecular formula is C8H4F3IN2O. The van der Waals surface area contributed by atoms with Crippen molar-refractivity contribution in [3.05, 3.63) is 21.5 Å². The molecule has 7 heteroatoms. The van der Waals surface area contributed by atoms with Crippen LogP contribution in [0.2, 0.25) is 0 Å². The van der Waals surface area contributed by atoms with Gasteiger partial charge in [-0.1, -0.05) is 0 Å². The van der Waals surface area contributed by atoms with E-state index >= 15 is 0 Å². The number of halogens is 4. The van der Waals surface area contributed by atoms with E-state index in [9.17, 15) is 13.2 Å². The normalized spacial score (nSPS) is 10.9. The van der Waals surface area contributed by atoms with Gasteiger partial charge < -0.3 is 4.74 Å². The summed E-state index contributed by atoms with van der Waals surface area (Å²) >= 11 is 1.69. The Morgan fingerprint density at radius 1 is 1.53 bits per heavy atom. The van der Waals surface area contributed by atoms with E-state index in [1.54, 1.807) is 22.6 Å². The third kappa shape index (κ3) is 3.91. The Kier molecular flexibility index (Phi) is 3.73. The fraction of sp³-hybridized carbons (Fsp3) is 0.250. The molecule has 0 fully saturated rings. The molecule has 3 nitrogen and oxygen atoms in total. The Morgan fingerprint density at radius 2 is 2.20 bits per heavy atom. The van der Waals surface area contributed by atoms with Crippen LogP contribution in [-0.4, -0.2) is 11.3 Å². The predicted octanol–water partition coefficient (Wildman–Crippen LogP) is 2.65. The number of ether oxygens (including phenoxy) is 1. The minimum Gasteiger partial charge on any atom is -0.403 e. The monoisotopic (exact) mass is 328 g/mol. The average molecular weight is 328 g/mol. The third-order valence-corrected chi connectivity index (χ3v) is 2.21. The summed E-state index contributed by atoms with van der Waals surface area (Å²) in [5.41, 5.74) is 0.413. The van der Waals surface area contributed by atoms with Gasteiger partial charge in [0.15, 0.2) is 5.75 Å². The molecule has 80 valence electrons. The van der Waals surface area contributed by atoms with E-state index in [1.807, 2.05) is 6.07 Å². The quantitative estimate of drug-likeness (QED) is 0.784. The zero-order valence-electron chi connectivity index (χ0n) is 7.18. The first kappa shape index (κ1) is 12.0. The van der Waals surface area contributed by atoms with Crippen molar-refractivity contribution in [2.24, 2.45) is 0 Å². The zero-order chi connectivity index (χ0) is 11.5. The van der Waals surface area contributed by atoms with Crippen LogP contribution in [0.15, 0.2) is 12.3 Å². The Balaban J connectivity index is 2.89. The molecule has 0 saturated heterocycles. The highest BCUT2D eigenvalue weighted by molar-refractivity contribution is 14.1. The molecule has 0 atom stereocenters. The summed E-state index contributed by atoms with van der Waals surface area (Å²) in [4.78, 5) is 3.66. The Labute approximate surface area is 97.0 Å². The summed E-state index contributed by atoms with van der Waals surface area (Å²) in [7, 11) is 0. The van der Waals surface area contributed by atoms with Crippen LogP contribution in [0.4, 0.5) is 13.2 Å². The second kappa shape index (κ2) is 4.65. The molecule has 0 radical (unpaired) electrons. The van der Waals surface area contributed by atoms with Gasteiger partial charge in [0.25, 0.3) is 0 Å². The number of rotatable bonds is 2. The largest absolute Gasteiger partial charge is 0.573 e. The van der Waals surface area contributed by atoms with Crippen LogP contribution in [0.3, 0.4) is 0 Å². The highest BCUT2D eigenvalue weighted by Gasteiger charge is 2.32. The minimum atomic E-state index is -4.72. The summed E-state index contributed by atoms with van der Waals surface area (Å²) in [5, 5.41) is 8.36. The maximum atomic E-state index is 11.9. The molecule has 0 N–H and O–H groups in total. The Hall–Kier alpha value is -1.04. The smallest absolute Gasteiger partial charge is 0.403 e. The first-order valence-corrected chi connectivity index (χ1v) is 4.77. The highest BCUT2D eigenvalue weighted by atomic mass is 127. The highest BCUT2D eigenvalue weighted by Crippen LogP contribution is 2.27.